The van der Waals surface area contributed by atoms with Gasteiger partial charge in [-0.3, -0.25) is 9.78 Å². The molecule has 0 bridgehead atoms. The Balaban J connectivity index is 2.97. The molecule has 0 aromatic carbocycles. The highest BCUT2D eigenvalue weighted by Gasteiger charge is 2.30. The van der Waals surface area contributed by atoms with Crippen molar-refractivity contribution in [2.24, 2.45) is 0 Å². The van der Waals surface area contributed by atoms with Crippen LogP contribution in [-0.4, -0.2) is 29.7 Å². The molecule has 0 saturated heterocycles. The van der Waals surface area contributed by atoms with Crippen molar-refractivity contribution >= 4 is 15.8 Å². The van der Waals surface area contributed by atoms with Crippen molar-refractivity contribution in [1.82, 2.24) is 4.98 Å². The third-order valence-corrected chi connectivity index (χ3v) is 4.35. The molecule has 1 aromatic rings. The van der Waals surface area contributed by atoms with Gasteiger partial charge in [-0.15, -0.1) is 0 Å². The van der Waals surface area contributed by atoms with E-state index >= 15 is 0 Å². The summed E-state index contributed by atoms with van der Waals surface area (Å²) in [4.78, 5) is 14.3. The second-order valence-electron chi connectivity index (χ2n) is 3.55. The molecule has 94 valence electrons. The predicted molar refractivity (Wildman–Crippen MR) is 58.5 cm³/mol. The van der Waals surface area contributed by atoms with Crippen LogP contribution in [0.4, 0.5) is 4.39 Å². The molecular formula is C10H12FNO4S. The third-order valence-electron chi connectivity index (χ3n) is 2.21. The highest BCUT2D eigenvalue weighted by molar-refractivity contribution is 7.92. The van der Waals surface area contributed by atoms with Gasteiger partial charge in [0.15, 0.2) is 15.1 Å². The van der Waals surface area contributed by atoms with Crippen molar-refractivity contribution in [2.75, 3.05) is 0 Å². The highest BCUT2D eigenvalue weighted by atomic mass is 32.2. The summed E-state index contributed by atoms with van der Waals surface area (Å²) in [5, 5.41) is 7.31. The van der Waals surface area contributed by atoms with Crippen LogP contribution in [0.2, 0.25) is 0 Å². The van der Waals surface area contributed by atoms with Crippen LogP contribution >= 0.6 is 0 Å². The van der Waals surface area contributed by atoms with Crippen molar-refractivity contribution in [3.63, 3.8) is 0 Å². The fourth-order valence-corrected chi connectivity index (χ4v) is 3.09. The van der Waals surface area contributed by atoms with Gasteiger partial charge in [-0.05, 0) is 18.1 Å². The topological polar surface area (TPSA) is 84.3 Å². The normalized spacial score (nSPS) is 13.3. The van der Waals surface area contributed by atoms with Crippen LogP contribution in [0.3, 0.4) is 0 Å². The van der Waals surface area contributed by atoms with Crippen LogP contribution in [0.5, 0.6) is 0 Å². The first-order valence-electron chi connectivity index (χ1n) is 4.90. The zero-order chi connectivity index (χ0) is 13.1. The summed E-state index contributed by atoms with van der Waals surface area (Å²) in [5.74, 6) is -2.57. The zero-order valence-electron chi connectivity index (χ0n) is 9.13. The summed E-state index contributed by atoms with van der Waals surface area (Å²) in [6, 6.07) is 1.03. The number of hydrogen-bond acceptors (Lipinski definition) is 4. The molecule has 0 amide bonds. The SMILES string of the molecule is CCC(C(=O)O)S(=O)(=O)Cc1cncc(F)c1. The lowest BCUT2D eigenvalue weighted by Gasteiger charge is -2.11. The molecule has 0 aliphatic rings. The quantitative estimate of drug-likeness (QED) is 0.854. The molecule has 1 rings (SSSR count). The predicted octanol–water partition coefficient (Wildman–Crippen LogP) is 0.999. The molecule has 7 heteroatoms. The molecular weight excluding hydrogens is 249 g/mol. The molecule has 1 atom stereocenters. The van der Waals surface area contributed by atoms with Crippen LogP contribution in [0.25, 0.3) is 0 Å². The number of carbonyl (C=O) groups is 1. The first-order chi connectivity index (χ1) is 7.86. The number of nitrogens with zero attached hydrogens (tertiary/aromatic N) is 1. The van der Waals surface area contributed by atoms with E-state index in [1.165, 1.54) is 13.1 Å². The van der Waals surface area contributed by atoms with E-state index in [2.05, 4.69) is 4.98 Å². The standard InChI is InChI=1S/C10H12FNO4S/c1-2-9(10(13)14)17(15,16)6-7-3-8(11)5-12-4-7/h3-5,9H,2,6H2,1H3,(H,13,14). The Morgan fingerprint density at radius 2 is 2.18 bits per heavy atom. The van der Waals surface area contributed by atoms with Gasteiger partial charge in [0, 0.05) is 6.20 Å². The lowest BCUT2D eigenvalue weighted by Crippen LogP contribution is -2.30. The van der Waals surface area contributed by atoms with E-state index in [0.717, 1.165) is 12.3 Å². The Morgan fingerprint density at radius 3 is 2.65 bits per heavy atom. The maximum absolute atomic E-state index is 12.8. The van der Waals surface area contributed by atoms with Crippen LogP contribution < -0.4 is 0 Å². The van der Waals surface area contributed by atoms with Crippen molar-refractivity contribution in [3.8, 4) is 0 Å². The minimum atomic E-state index is -3.85. The Morgan fingerprint density at radius 1 is 1.53 bits per heavy atom. The Kier molecular flexibility index (Phi) is 4.17. The van der Waals surface area contributed by atoms with Gasteiger partial charge >= 0.3 is 5.97 Å². The van der Waals surface area contributed by atoms with Crippen LogP contribution in [0, 0.1) is 5.82 Å². The Bertz CT molecular complexity index is 515. The van der Waals surface area contributed by atoms with Gasteiger partial charge in [-0.25, -0.2) is 12.8 Å². The van der Waals surface area contributed by atoms with Crippen LogP contribution in [0.1, 0.15) is 18.9 Å². The lowest BCUT2D eigenvalue weighted by atomic mass is 10.3. The van der Waals surface area contributed by atoms with Gasteiger partial charge in [0.25, 0.3) is 0 Å². The van der Waals surface area contributed by atoms with Crippen molar-refractivity contribution in [2.45, 2.75) is 24.3 Å². The molecule has 1 N–H and O–H groups in total. The second-order valence-corrected chi connectivity index (χ2v) is 5.74. The fourth-order valence-electron chi connectivity index (χ4n) is 1.45. The van der Waals surface area contributed by atoms with E-state index < -0.39 is 32.6 Å². The zero-order valence-corrected chi connectivity index (χ0v) is 9.95. The average Bonchev–Trinajstić information content (AvgIpc) is 2.16. The molecule has 0 spiro atoms. The summed E-state index contributed by atoms with van der Waals surface area (Å²) in [6.45, 7) is 1.47. The Labute approximate surface area is 98.2 Å². The number of pyridine rings is 1. The van der Waals surface area contributed by atoms with Gasteiger partial charge in [0.2, 0.25) is 0 Å². The number of carboxylic acid groups (broad SMARTS) is 1. The number of sulfone groups is 1. The molecule has 5 nitrogen and oxygen atoms in total. The molecule has 17 heavy (non-hydrogen) atoms. The van der Waals surface area contributed by atoms with Gasteiger partial charge in [-0.2, -0.15) is 0 Å². The smallest absolute Gasteiger partial charge is 0.321 e. The minimum Gasteiger partial charge on any atom is -0.480 e. The largest absolute Gasteiger partial charge is 0.480 e. The lowest BCUT2D eigenvalue weighted by molar-refractivity contribution is -0.136. The first kappa shape index (κ1) is 13.6. The number of aromatic nitrogens is 1. The summed E-state index contributed by atoms with van der Waals surface area (Å²) in [5.41, 5.74) is 0.143. The summed E-state index contributed by atoms with van der Waals surface area (Å²) in [7, 11) is -3.85. The molecule has 0 saturated carbocycles. The minimum absolute atomic E-state index is 0.0274. The molecule has 1 aromatic heterocycles. The maximum Gasteiger partial charge on any atom is 0.321 e. The fraction of sp³-hybridized carbons (Fsp3) is 0.400. The van der Waals surface area contributed by atoms with E-state index in [-0.39, 0.29) is 12.0 Å². The van der Waals surface area contributed by atoms with Crippen molar-refractivity contribution in [1.29, 1.82) is 0 Å². The molecule has 0 radical (unpaired) electrons. The molecule has 1 heterocycles. The monoisotopic (exact) mass is 261 g/mol. The summed E-state index contributed by atoms with van der Waals surface area (Å²) < 4.78 is 36.3. The van der Waals surface area contributed by atoms with Crippen molar-refractivity contribution in [3.05, 3.63) is 29.8 Å². The number of hydrogen-bond donors (Lipinski definition) is 1. The van der Waals surface area contributed by atoms with E-state index in [1.54, 1.807) is 0 Å². The average molecular weight is 261 g/mol. The molecule has 0 fully saturated rings. The third kappa shape index (κ3) is 3.48. The van der Waals surface area contributed by atoms with Gasteiger partial charge in [-0.1, -0.05) is 6.92 Å². The van der Waals surface area contributed by atoms with Crippen LogP contribution in [-0.2, 0) is 20.4 Å². The van der Waals surface area contributed by atoms with Gasteiger partial charge in [0.1, 0.15) is 5.82 Å². The number of rotatable bonds is 5. The number of aliphatic carboxylic acids is 1. The second kappa shape index (κ2) is 5.22. The number of halogens is 1. The van der Waals surface area contributed by atoms with E-state index in [0.29, 0.717) is 0 Å². The van der Waals surface area contributed by atoms with Crippen LogP contribution in [0.15, 0.2) is 18.5 Å². The van der Waals surface area contributed by atoms with Gasteiger partial charge < -0.3 is 5.11 Å². The molecule has 0 aliphatic carbocycles. The summed E-state index contributed by atoms with van der Waals surface area (Å²) in [6.07, 6.45) is 2.13. The van der Waals surface area contributed by atoms with E-state index in [1.807, 2.05) is 0 Å². The number of carboxylic acids is 1. The van der Waals surface area contributed by atoms with E-state index in [4.69, 9.17) is 5.11 Å². The first-order valence-corrected chi connectivity index (χ1v) is 6.62. The Hall–Kier alpha value is -1.50. The maximum atomic E-state index is 12.8. The van der Waals surface area contributed by atoms with E-state index in [9.17, 15) is 17.6 Å². The molecule has 1 unspecified atom stereocenters. The van der Waals surface area contributed by atoms with Crippen molar-refractivity contribution < 1.29 is 22.7 Å². The molecule has 0 aliphatic heterocycles. The highest BCUT2D eigenvalue weighted by Crippen LogP contribution is 2.14. The summed E-state index contributed by atoms with van der Waals surface area (Å²) >= 11 is 0. The van der Waals surface area contributed by atoms with Gasteiger partial charge in [0.05, 0.1) is 11.9 Å².